The van der Waals surface area contributed by atoms with Gasteiger partial charge in [0.05, 0.1) is 17.6 Å². The van der Waals surface area contributed by atoms with E-state index >= 15 is 0 Å². The maximum Gasteiger partial charge on any atom is 0.270 e. The van der Waals surface area contributed by atoms with Crippen LogP contribution in [0.25, 0.3) is 17.0 Å². The molecule has 5 rings (SSSR count). The van der Waals surface area contributed by atoms with Crippen LogP contribution in [0.15, 0.2) is 58.4 Å². The first-order chi connectivity index (χ1) is 14.6. The molecule has 0 saturated carbocycles. The predicted molar refractivity (Wildman–Crippen MR) is 121 cm³/mol. The summed E-state index contributed by atoms with van der Waals surface area (Å²) in [7, 11) is 0. The van der Waals surface area contributed by atoms with Crippen LogP contribution in [0.1, 0.15) is 11.1 Å². The quantitative estimate of drug-likeness (QED) is 0.480. The number of hydrogen-bond donors (Lipinski definition) is 0. The summed E-state index contributed by atoms with van der Waals surface area (Å²) in [5.74, 6) is 0.810. The van der Waals surface area contributed by atoms with E-state index < -0.39 is 0 Å². The average Bonchev–Trinajstić information content (AvgIpc) is 3.42. The highest BCUT2D eigenvalue weighted by Crippen LogP contribution is 2.23. The van der Waals surface area contributed by atoms with E-state index in [1.165, 1.54) is 11.3 Å². The molecule has 5 nitrogen and oxygen atoms in total. The first-order valence-electron chi connectivity index (χ1n) is 9.83. The van der Waals surface area contributed by atoms with Crippen LogP contribution in [0, 0.1) is 6.92 Å². The monoisotopic (exact) mass is 437 g/mol. The Morgan fingerprint density at radius 2 is 2.13 bits per heavy atom. The zero-order valence-electron chi connectivity index (χ0n) is 16.5. The van der Waals surface area contributed by atoms with Crippen LogP contribution in [-0.2, 0) is 13.1 Å². The third-order valence-corrected chi connectivity index (χ3v) is 6.76. The van der Waals surface area contributed by atoms with E-state index in [0.29, 0.717) is 26.2 Å². The largest absolute Gasteiger partial charge is 0.492 e. The van der Waals surface area contributed by atoms with Gasteiger partial charge in [0.2, 0.25) is 0 Å². The molecule has 0 atom stereocenters. The van der Waals surface area contributed by atoms with Crippen molar-refractivity contribution in [3.63, 3.8) is 0 Å². The lowest BCUT2D eigenvalue weighted by molar-refractivity contribution is 0.300. The van der Waals surface area contributed by atoms with Gasteiger partial charge in [-0.3, -0.25) is 14.4 Å². The second-order valence-electron chi connectivity index (χ2n) is 7.29. The Bertz CT molecular complexity index is 1430. The summed E-state index contributed by atoms with van der Waals surface area (Å²) in [4.78, 5) is 17.9. The van der Waals surface area contributed by atoms with E-state index in [9.17, 15) is 4.79 Å². The number of thiazole rings is 1. The number of aromatic nitrogens is 2. The minimum absolute atomic E-state index is 0.0505. The van der Waals surface area contributed by atoms with Crippen molar-refractivity contribution in [1.29, 1.82) is 0 Å². The lowest BCUT2D eigenvalue weighted by Crippen LogP contribution is -2.29. The van der Waals surface area contributed by atoms with Crippen molar-refractivity contribution in [3.8, 4) is 5.75 Å². The molecule has 0 unspecified atom stereocenters. The number of benzene rings is 2. The summed E-state index contributed by atoms with van der Waals surface area (Å²) in [6.07, 6.45) is 4.07. The van der Waals surface area contributed by atoms with Gasteiger partial charge in [-0.2, -0.15) is 0 Å². The molecule has 1 aliphatic rings. The third-order valence-electron chi connectivity index (χ3n) is 5.30. The molecule has 0 spiro atoms. The van der Waals surface area contributed by atoms with E-state index in [1.54, 1.807) is 4.57 Å². The standard InChI is InChI=1S/C23H20ClN3O2S/c1-15-12-17(6-7-19(15)24)29-11-10-26-14-16(18-4-2-3-5-20(18)26)13-21-22(28)27-9-8-25-23(27)30-21/h2-7,12-14H,8-11H2,1H3. The highest BCUT2D eigenvalue weighted by Gasteiger charge is 2.11. The van der Waals surface area contributed by atoms with Gasteiger partial charge in [-0.15, -0.1) is 0 Å². The van der Waals surface area contributed by atoms with Crippen LogP contribution < -0.4 is 19.6 Å². The van der Waals surface area contributed by atoms with Gasteiger partial charge < -0.3 is 9.30 Å². The van der Waals surface area contributed by atoms with E-state index in [-0.39, 0.29) is 5.56 Å². The number of para-hydroxylation sites is 1. The normalized spacial score (nSPS) is 13.6. The molecule has 0 aliphatic carbocycles. The number of halogens is 1. The minimum atomic E-state index is 0.0505. The van der Waals surface area contributed by atoms with Crippen molar-refractivity contribution >= 4 is 39.9 Å². The number of ether oxygens (including phenoxy) is 1. The van der Waals surface area contributed by atoms with Crippen molar-refractivity contribution in [2.24, 2.45) is 4.99 Å². The van der Waals surface area contributed by atoms with E-state index in [1.807, 2.05) is 43.3 Å². The molecule has 3 heterocycles. The third kappa shape index (κ3) is 3.46. The Labute approximate surface area is 182 Å². The van der Waals surface area contributed by atoms with Crippen molar-refractivity contribution in [3.05, 3.63) is 84.5 Å². The summed E-state index contributed by atoms with van der Waals surface area (Å²) in [6.45, 7) is 4.59. The fourth-order valence-corrected chi connectivity index (χ4v) is 4.89. The van der Waals surface area contributed by atoms with E-state index in [0.717, 1.165) is 42.1 Å². The van der Waals surface area contributed by atoms with Gasteiger partial charge >= 0.3 is 0 Å². The highest BCUT2D eigenvalue weighted by molar-refractivity contribution is 7.07. The number of aryl methyl sites for hydroxylation is 1. The molecule has 0 radical (unpaired) electrons. The molecule has 1 aliphatic heterocycles. The number of fused-ring (bicyclic) bond motifs is 2. The van der Waals surface area contributed by atoms with Crippen LogP contribution in [0.5, 0.6) is 5.75 Å². The van der Waals surface area contributed by atoms with E-state index in [2.05, 4.69) is 27.9 Å². The maximum absolute atomic E-state index is 12.6. The van der Waals surface area contributed by atoms with Crippen molar-refractivity contribution in [2.75, 3.05) is 13.2 Å². The van der Waals surface area contributed by atoms with Gasteiger partial charge in [0.25, 0.3) is 5.56 Å². The molecule has 7 heteroatoms. The fourth-order valence-electron chi connectivity index (χ4n) is 3.75. The van der Waals surface area contributed by atoms with Crippen LogP contribution in [0.4, 0.5) is 0 Å². The van der Waals surface area contributed by atoms with Crippen LogP contribution in [0.3, 0.4) is 0 Å². The topological polar surface area (TPSA) is 48.5 Å². The average molecular weight is 438 g/mol. The summed E-state index contributed by atoms with van der Waals surface area (Å²) in [5, 5.41) is 1.86. The Kier molecular flexibility index (Phi) is 4.97. The predicted octanol–water partition coefficient (Wildman–Crippen LogP) is 3.37. The van der Waals surface area contributed by atoms with Gasteiger partial charge in [-0.05, 0) is 42.8 Å². The Morgan fingerprint density at radius 3 is 2.97 bits per heavy atom. The number of hydrogen-bond acceptors (Lipinski definition) is 4. The van der Waals surface area contributed by atoms with Gasteiger partial charge in [-0.25, -0.2) is 0 Å². The summed E-state index contributed by atoms with van der Waals surface area (Å²) >= 11 is 7.55. The Hall–Kier alpha value is -2.83. The second-order valence-corrected chi connectivity index (χ2v) is 8.70. The molecule has 0 bridgehead atoms. The van der Waals surface area contributed by atoms with Crippen LogP contribution in [-0.4, -0.2) is 22.3 Å². The fraction of sp³-hybridized carbons (Fsp3) is 0.217. The lowest BCUT2D eigenvalue weighted by atomic mass is 10.2. The Balaban J connectivity index is 1.45. The molecule has 2 aromatic carbocycles. The zero-order valence-corrected chi connectivity index (χ0v) is 18.0. The molecular weight excluding hydrogens is 418 g/mol. The summed E-state index contributed by atoms with van der Waals surface area (Å²) in [5.41, 5.74) is 3.20. The van der Waals surface area contributed by atoms with Crippen molar-refractivity contribution < 1.29 is 4.74 Å². The second kappa shape index (κ2) is 7.78. The van der Waals surface area contributed by atoms with Crippen molar-refractivity contribution in [1.82, 2.24) is 9.13 Å². The molecule has 0 amide bonds. The number of rotatable bonds is 5. The van der Waals surface area contributed by atoms with Gasteiger partial charge in [0.1, 0.15) is 12.4 Å². The van der Waals surface area contributed by atoms with Gasteiger partial charge in [0.15, 0.2) is 4.80 Å². The molecule has 0 saturated heterocycles. The number of nitrogens with zero attached hydrogens (tertiary/aromatic N) is 3. The van der Waals surface area contributed by atoms with Crippen LogP contribution >= 0.6 is 22.9 Å². The van der Waals surface area contributed by atoms with Crippen LogP contribution in [0.2, 0.25) is 5.02 Å². The highest BCUT2D eigenvalue weighted by atomic mass is 35.5. The molecule has 4 aromatic rings. The van der Waals surface area contributed by atoms with Gasteiger partial charge in [0, 0.05) is 34.2 Å². The summed E-state index contributed by atoms with van der Waals surface area (Å²) < 4.78 is 10.6. The van der Waals surface area contributed by atoms with Crippen molar-refractivity contribution in [2.45, 2.75) is 20.0 Å². The summed E-state index contributed by atoms with van der Waals surface area (Å²) in [6, 6.07) is 13.9. The molecule has 30 heavy (non-hydrogen) atoms. The van der Waals surface area contributed by atoms with E-state index in [4.69, 9.17) is 16.3 Å². The molecule has 2 aromatic heterocycles. The molecule has 0 fully saturated rings. The first-order valence-corrected chi connectivity index (χ1v) is 11.0. The minimum Gasteiger partial charge on any atom is -0.492 e. The smallest absolute Gasteiger partial charge is 0.270 e. The van der Waals surface area contributed by atoms with Gasteiger partial charge in [-0.1, -0.05) is 41.1 Å². The molecule has 0 N–H and O–H groups in total. The zero-order chi connectivity index (χ0) is 20.7. The molecular formula is C23H20ClN3O2S. The molecule has 152 valence electrons. The first kappa shape index (κ1) is 19.2. The maximum atomic E-state index is 12.6. The SMILES string of the molecule is Cc1cc(OCCn2cc(C=c3sc4n(c3=O)CCN=4)c3ccccc32)ccc1Cl. The Morgan fingerprint density at radius 1 is 1.27 bits per heavy atom. The lowest BCUT2D eigenvalue weighted by Gasteiger charge is -2.09.